The molecule has 0 aromatic heterocycles. The molecule has 0 aromatic carbocycles. The van der Waals surface area contributed by atoms with Gasteiger partial charge in [0.1, 0.15) is 0 Å². The van der Waals surface area contributed by atoms with Gasteiger partial charge in [0, 0.05) is 20.1 Å². The number of aliphatic carboxylic acids is 1. The highest BCUT2D eigenvalue weighted by molar-refractivity contribution is 5.76. The lowest BCUT2D eigenvalue weighted by Crippen LogP contribution is -2.45. The van der Waals surface area contributed by atoms with E-state index in [4.69, 9.17) is 14.6 Å². The second-order valence-corrected chi connectivity index (χ2v) is 4.49. The maximum atomic E-state index is 11.0. The number of hydrogen-bond donors (Lipinski definition) is 1. The third-order valence-electron chi connectivity index (χ3n) is 1.77. The molecule has 84 valence electrons. The summed E-state index contributed by atoms with van der Waals surface area (Å²) >= 11 is 0. The quantitative estimate of drug-likeness (QED) is 0.740. The van der Waals surface area contributed by atoms with Crippen LogP contribution in [0.25, 0.3) is 0 Å². The molecule has 0 aliphatic heterocycles. The molecule has 0 amide bonds. The molecular weight excluding hydrogens is 184 g/mol. The highest BCUT2D eigenvalue weighted by Crippen LogP contribution is 2.23. The van der Waals surface area contributed by atoms with Gasteiger partial charge in [-0.3, -0.25) is 0 Å². The van der Waals surface area contributed by atoms with E-state index in [2.05, 4.69) is 0 Å². The monoisotopic (exact) mass is 204 g/mol. The van der Waals surface area contributed by atoms with Crippen LogP contribution >= 0.6 is 0 Å². The topological polar surface area (TPSA) is 55.8 Å². The molecule has 0 aliphatic rings. The Morgan fingerprint density at radius 3 is 2.07 bits per heavy atom. The molecule has 0 saturated heterocycles. The Morgan fingerprint density at radius 1 is 1.29 bits per heavy atom. The molecule has 14 heavy (non-hydrogen) atoms. The van der Waals surface area contributed by atoms with E-state index in [-0.39, 0.29) is 0 Å². The van der Waals surface area contributed by atoms with E-state index in [1.54, 1.807) is 14.0 Å². The number of carboxylic acid groups (broad SMARTS) is 1. The molecule has 0 rings (SSSR count). The largest absolute Gasteiger partial charge is 0.479 e. The summed E-state index contributed by atoms with van der Waals surface area (Å²) in [5.74, 6) is -0.954. The third-order valence-corrected chi connectivity index (χ3v) is 1.77. The standard InChI is InChI=1S/C10H20O4/c1-9(2,3)14-10(4,8(11)12)6-7-13-5/h6-7H2,1-5H3,(H,11,12). The van der Waals surface area contributed by atoms with Crippen LogP contribution in [0, 0.1) is 0 Å². The SMILES string of the molecule is COCCC(C)(OC(C)(C)C)C(=O)O. The first-order valence-electron chi connectivity index (χ1n) is 4.64. The zero-order chi connectivity index (χ0) is 11.4. The summed E-state index contributed by atoms with van der Waals surface area (Å²) in [4.78, 5) is 11.0. The molecule has 0 bridgehead atoms. The number of carboxylic acids is 1. The van der Waals surface area contributed by atoms with Crippen molar-refractivity contribution in [2.75, 3.05) is 13.7 Å². The summed E-state index contributed by atoms with van der Waals surface area (Å²) in [5, 5.41) is 9.04. The lowest BCUT2D eigenvalue weighted by molar-refractivity contribution is -0.184. The van der Waals surface area contributed by atoms with Crippen molar-refractivity contribution >= 4 is 5.97 Å². The van der Waals surface area contributed by atoms with E-state index in [1.807, 2.05) is 20.8 Å². The first-order valence-corrected chi connectivity index (χ1v) is 4.64. The molecular formula is C10H20O4. The molecule has 0 spiro atoms. The predicted molar refractivity (Wildman–Crippen MR) is 53.4 cm³/mol. The maximum Gasteiger partial charge on any atom is 0.335 e. The average molecular weight is 204 g/mol. The van der Waals surface area contributed by atoms with Gasteiger partial charge in [-0.15, -0.1) is 0 Å². The van der Waals surface area contributed by atoms with Crippen LogP contribution in [0.4, 0.5) is 0 Å². The van der Waals surface area contributed by atoms with Crippen LogP contribution in [-0.2, 0) is 14.3 Å². The molecule has 0 aliphatic carbocycles. The minimum Gasteiger partial charge on any atom is -0.479 e. The summed E-state index contributed by atoms with van der Waals surface area (Å²) in [6.45, 7) is 7.45. The average Bonchev–Trinajstić information content (AvgIpc) is 1.97. The van der Waals surface area contributed by atoms with Crippen LogP contribution in [0.1, 0.15) is 34.1 Å². The van der Waals surface area contributed by atoms with Crippen molar-refractivity contribution in [1.82, 2.24) is 0 Å². The van der Waals surface area contributed by atoms with E-state index in [0.717, 1.165) is 0 Å². The Labute approximate surface area is 85.2 Å². The molecule has 0 radical (unpaired) electrons. The first-order chi connectivity index (χ1) is 6.21. The van der Waals surface area contributed by atoms with Crippen LogP contribution in [0.5, 0.6) is 0 Å². The van der Waals surface area contributed by atoms with Crippen molar-refractivity contribution in [3.63, 3.8) is 0 Å². The highest BCUT2D eigenvalue weighted by atomic mass is 16.5. The van der Waals surface area contributed by atoms with Gasteiger partial charge in [-0.25, -0.2) is 4.79 Å². The van der Waals surface area contributed by atoms with Gasteiger partial charge in [0.25, 0.3) is 0 Å². The summed E-state index contributed by atoms with van der Waals surface area (Å²) in [6.07, 6.45) is 0.343. The van der Waals surface area contributed by atoms with E-state index < -0.39 is 17.2 Å². The highest BCUT2D eigenvalue weighted by Gasteiger charge is 2.37. The summed E-state index contributed by atoms with van der Waals surface area (Å²) < 4.78 is 10.4. The molecule has 0 saturated carbocycles. The third kappa shape index (κ3) is 4.58. The molecule has 1 unspecified atom stereocenters. The van der Waals surface area contributed by atoms with Gasteiger partial charge in [0.2, 0.25) is 0 Å². The fourth-order valence-corrected chi connectivity index (χ4v) is 1.17. The second-order valence-electron chi connectivity index (χ2n) is 4.49. The normalized spacial score (nSPS) is 16.4. The van der Waals surface area contributed by atoms with Crippen LogP contribution < -0.4 is 0 Å². The molecule has 0 aromatic rings. The Bertz CT molecular complexity index is 195. The maximum absolute atomic E-state index is 11.0. The fourth-order valence-electron chi connectivity index (χ4n) is 1.17. The van der Waals surface area contributed by atoms with E-state index in [9.17, 15) is 4.79 Å². The first kappa shape index (κ1) is 13.4. The van der Waals surface area contributed by atoms with E-state index in [1.165, 1.54) is 0 Å². The molecule has 1 atom stereocenters. The van der Waals surface area contributed by atoms with Gasteiger partial charge in [-0.05, 0) is 27.7 Å². The van der Waals surface area contributed by atoms with Gasteiger partial charge in [-0.1, -0.05) is 0 Å². The van der Waals surface area contributed by atoms with Crippen molar-refractivity contribution in [2.24, 2.45) is 0 Å². The van der Waals surface area contributed by atoms with Gasteiger partial charge < -0.3 is 14.6 Å². The zero-order valence-corrected chi connectivity index (χ0v) is 9.59. The number of ether oxygens (including phenoxy) is 2. The predicted octanol–water partition coefficient (Wildman–Crippen LogP) is 1.68. The molecule has 0 heterocycles. The van der Waals surface area contributed by atoms with E-state index >= 15 is 0 Å². The van der Waals surface area contributed by atoms with Crippen molar-refractivity contribution < 1.29 is 19.4 Å². The molecule has 0 fully saturated rings. The van der Waals surface area contributed by atoms with Gasteiger partial charge >= 0.3 is 5.97 Å². The molecule has 1 N–H and O–H groups in total. The van der Waals surface area contributed by atoms with E-state index in [0.29, 0.717) is 13.0 Å². The molecule has 4 nitrogen and oxygen atoms in total. The van der Waals surface area contributed by atoms with Gasteiger partial charge in [-0.2, -0.15) is 0 Å². The van der Waals surface area contributed by atoms with Crippen LogP contribution in [0.3, 0.4) is 0 Å². The van der Waals surface area contributed by atoms with Crippen molar-refractivity contribution in [1.29, 1.82) is 0 Å². The van der Waals surface area contributed by atoms with Gasteiger partial charge in [0.15, 0.2) is 5.60 Å². The Morgan fingerprint density at radius 2 is 1.79 bits per heavy atom. The van der Waals surface area contributed by atoms with Crippen LogP contribution in [0.15, 0.2) is 0 Å². The Kier molecular flexibility index (Phi) is 4.55. The summed E-state index contributed by atoms with van der Waals surface area (Å²) in [7, 11) is 1.54. The second kappa shape index (κ2) is 4.75. The Hall–Kier alpha value is -0.610. The number of hydrogen-bond acceptors (Lipinski definition) is 3. The molecule has 4 heteroatoms. The zero-order valence-electron chi connectivity index (χ0n) is 9.59. The van der Waals surface area contributed by atoms with Gasteiger partial charge in [0.05, 0.1) is 5.60 Å². The minimum absolute atomic E-state index is 0.343. The van der Waals surface area contributed by atoms with Crippen molar-refractivity contribution in [2.45, 2.75) is 45.3 Å². The fraction of sp³-hybridized carbons (Fsp3) is 0.900. The number of carbonyl (C=O) groups is 1. The Balaban J connectivity index is 4.48. The number of methoxy groups -OCH3 is 1. The smallest absolute Gasteiger partial charge is 0.335 e. The number of rotatable bonds is 5. The lowest BCUT2D eigenvalue weighted by atomic mass is 10.0. The summed E-state index contributed by atoms with van der Waals surface area (Å²) in [6, 6.07) is 0. The van der Waals surface area contributed by atoms with Crippen LogP contribution in [-0.4, -0.2) is 36.0 Å². The minimum atomic E-state index is -1.17. The lowest BCUT2D eigenvalue weighted by Gasteiger charge is -2.33. The van der Waals surface area contributed by atoms with Crippen LogP contribution in [0.2, 0.25) is 0 Å². The van der Waals surface area contributed by atoms with Crippen molar-refractivity contribution in [3.05, 3.63) is 0 Å². The summed E-state index contributed by atoms with van der Waals surface area (Å²) in [5.41, 5.74) is -1.64. The van der Waals surface area contributed by atoms with Crippen molar-refractivity contribution in [3.8, 4) is 0 Å².